The van der Waals surface area contributed by atoms with Crippen LogP contribution in [0.15, 0.2) is 54.9 Å². The molecule has 0 aliphatic rings. The fraction of sp³-hybridized carbons (Fsp3) is 0.238. The lowest BCUT2D eigenvalue weighted by Crippen LogP contribution is -2.41. The molecule has 2 amide bonds. The first-order valence-corrected chi connectivity index (χ1v) is 9.93. The number of imidazole rings is 1. The second-order valence-electron chi connectivity index (χ2n) is 6.64. The van der Waals surface area contributed by atoms with E-state index >= 15 is 0 Å². The number of aliphatic hydroxyl groups excluding tert-OH is 1. The summed E-state index contributed by atoms with van der Waals surface area (Å²) in [6.07, 6.45) is 2.48. The third-order valence-electron chi connectivity index (χ3n) is 4.57. The number of benzene rings is 2. The first kappa shape index (κ1) is 22.0. The van der Waals surface area contributed by atoms with E-state index < -0.39 is 18.2 Å². The van der Waals surface area contributed by atoms with E-state index in [1.54, 1.807) is 37.7 Å². The first-order valence-electron chi connectivity index (χ1n) is 9.17. The standard InChI is InChI=1S/C21H22Cl2N4O3/c1-27-8-7-24-20(27)19(16-5-3-4-6-18(16)30-2)26-21(29)25-12-17(28)13-9-14(22)11-15(23)10-13/h3-11,17,19,28H,12H2,1-2H3,(H2,25,26,29). The highest BCUT2D eigenvalue weighted by Gasteiger charge is 2.24. The number of hydrogen-bond acceptors (Lipinski definition) is 4. The average Bonchev–Trinajstić information content (AvgIpc) is 3.15. The van der Waals surface area contributed by atoms with Crippen LogP contribution in [0.5, 0.6) is 5.75 Å². The molecular weight excluding hydrogens is 427 g/mol. The molecule has 1 aromatic heterocycles. The molecule has 3 N–H and O–H groups in total. The van der Waals surface area contributed by atoms with E-state index in [1.807, 2.05) is 35.9 Å². The molecule has 0 aliphatic heterocycles. The lowest BCUT2D eigenvalue weighted by molar-refractivity contribution is 0.172. The van der Waals surface area contributed by atoms with Gasteiger partial charge in [0, 0.05) is 41.6 Å². The maximum absolute atomic E-state index is 12.6. The number of para-hydroxylation sites is 1. The van der Waals surface area contributed by atoms with Crippen molar-refractivity contribution in [3.05, 3.63) is 81.9 Å². The number of urea groups is 1. The monoisotopic (exact) mass is 448 g/mol. The van der Waals surface area contributed by atoms with Gasteiger partial charge in [-0.05, 0) is 29.8 Å². The van der Waals surface area contributed by atoms with Gasteiger partial charge in [0.1, 0.15) is 17.6 Å². The molecular formula is C21H22Cl2N4O3. The van der Waals surface area contributed by atoms with Crippen molar-refractivity contribution in [2.24, 2.45) is 7.05 Å². The number of rotatable bonds is 7. The summed E-state index contributed by atoms with van der Waals surface area (Å²) in [6, 6.07) is 11.1. The highest BCUT2D eigenvalue weighted by molar-refractivity contribution is 6.34. The zero-order valence-corrected chi connectivity index (χ0v) is 18.0. The highest BCUT2D eigenvalue weighted by Crippen LogP contribution is 2.29. The number of aliphatic hydroxyl groups is 1. The molecule has 0 aliphatic carbocycles. The summed E-state index contributed by atoms with van der Waals surface area (Å²) in [5.41, 5.74) is 1.27. The van der Waals surface area contributed by atoms with Crippen molar-refractivity contribution in [2.45, 2.75) is 12.1 Å². The van der Waals surface area contributed by atoms with Crippen molar-refractivity contribution in [1.82, 2.24) is 20.2 Å². The number of aryl methyl sites for hydroxylation is 1. The Labute approximate surface area is 184 Å². The van der Waals surface area contributed by atoms with E-state index in [1.165, 1.54) is 0 Å². The van der Waals surface area contributed by atoms with E-state index in [0.717, 1.165) is 5.56 Å². The van der Waals surface area contributed by atoms with Crippen LogP contribution in [0.2, 0.25) is 10.0 Å². The Balaban J connectivity index is 1.75. The van der Waals surface area contributed by atoms with Crippen molar-refractivity contribution in [2.75, 3.05) is 13.7 Å². The van der Waals surface area contributed by atoms with Crippen molar-refractivity contribution in [1.29, 1.82) is 0 Å². The summed E-state index contributed by atoms with van der Waals surface area (Å²) in [7, 11) is 3.41. The number of aromatic nitrogens is 2. The van der Waals surface area contributed by atoms with Gasteiger partial charge in [0.2, 0.25) is 0 Å². The quantitative estimate of drug-likeness (QED) is 0.511. The second-order valence-corrected chi connectivity index (χ2v) is 7.52. The van der Waals surface area contributed by atoms with Gasteiger partial charge < -0.3 is 25.0 Å². The van der Waals surface area contributed by atoms with E-state index in [4.69, 9.17) is 27.9 Å². The molecule has 2 unspecified atom stereocenters. The van der Waals surface area contributed by atoms with Crippen LogP contribution in [-0.4, -0.2) is 34.3 Å². The van der Waals surface area contributed by atoms with Crippen LogP contribution >= 0.6 is 23.2 Å². The summed E-state index contributed by atoms with van der Waals surface area (Å²) < 4.78 is 7.27. The van der Waals surface area contributed by atoms with Gasteiger partial charge in [-0.15, -0.1) is 0 Å². The second kappa shape index (κ2) is 9.84. The van der Waals surface area contributed by atoms with E-state index in [2.05, 4.69) is 15.6 Å². The van der Waals surface area contributed by atoms with Crippen LogP contribution in [0.4, 0.5) is 4.79 Å². The summed E-state index contributed by atoms with van der Waals surface area (Å²) >= 11 is 12.0. The molecule has 0 saturated carbocycles. The summed E-state index contributed by atoms with van der Waals surface area (Å²) in [4.78, 5) is 17.0. The minimum absolute atomic E-state index is 0.0261. The highest BCUT2D eigenvalue weighted by atomic mass is 35.5. The predicted octanol–water partition coefficient (Wildman–Crippen LogP) is 3.86. The molecule has 158 valence electrons. The van der Waals surface area contributed by atoms with E-state index in [0.29, 0.717) is 27.2 Å². The Morgan fingerprint density at radius 1 is 1.23 bits per heavy atom. The molecule has 0 fully saturated rings. The van der Waals surface area contributed by atoms with Gasteiger partial charge in [-0.1, -0.05) is 41.4 Å². The number of nitrogens with one attached hydrogen (secondary N) is 2. The zero-order valence-electron chi connectivity index (χ0n) is 16.5. The summed E-state index contributed by atoms with van der Waals surface area (Å²) in [6.45, 7) is -0.0261. The van der Waals surface area contributed by atoms with Crippen molar-refractivity contribution >= 4 is 29.2 Å². The largest absolute Gasteiger partial charge is 0.496 e. The van der Waals surface area contributed by atoms with Crippen molar-refractivity contribution in [3.63, 3.8) is 0 Å². The van der Waals surface area contributed by atoms with Gasteiger partial charge >= 0.3 is 6.03 Å². The van der Waals surface area contributed by atoms with Crippen LogP contribution in [0, 0.1) is 0 Å². The molecule has 0 saturated heterocycles. The van der Waals surface area contributed by atoms with Gasteiger partial charge in [0.25, 0.3) is 0 Å². The maximum atomic E-state index is 12.6. The lowest BCUT2D eigenvalue weighted by Gasteiger charge is -2.22. The molecule has 3 aromatic rings. The Morgan fingerprint density at radius 3 is 2.57 bits per heavy atom. The van der Waals surface area contributed by atoms with Crippen LogP contribution in [0.25, 0.3) is 0 Å². The molecule has 2 atom stereocenters. The average molecular weight is 449 g/mol. The van der Waals surface area contributed by atoms with Crippen molar-refractivity contribution in [3.8, 4) is 5.75 Å². The fourth-order valence-corrected chi connectivity index (χ4v) is 3.64. The van der Waals surface area contributed by atoms with Gasteiger partial charge in [0.05, 0.1) is 13.2 Å². The molecule has 1 heterocycles. The number of carbonyl (C=O) groups excluding carboxylic acids is 1. The molecule has 3 rings (SSSR count). The molecule has 7 nitrogen and oxygen atoms in total. The number of carbonyl (C=O) groups is 1. The van der Waals surface area contributed by atoms with E-state index in [9.17, 15) is 9.90 Å². The van der Waals surface area contributed by atoms with Gasteiger partial charge in [0.15, 0.2) is 0 Å². The molecule has 0 radical (unpaired) electrons. The molecule has 2 aromatic carbocycles. The van der Waals surface area contributed by atoms with Crippen LogP contribution in [0.1, 0.15) is 29.1 Å². The molecule has 0 spiro atoms. The zero-order chi connectivity index (χ0) is 21.7. The smallest absolute Gasteiger partial charge is 0.315 e. The van der Waals surface area contributed by atoms with E-state index in [-0.39, 0.29) is 6.54 Å². The molecule has 30 heavy (non-hydrogen) atoms. The minimum Gasteiger partial charge on any atom is -0.496 e. The maximum Gasteiger partial charge on any atom is 0.315 e. The Bertz CT molecular complexity index is 1000. The van der Waals surface area contributed by atoms with Gasteiger partial charge in [-0.3, -0.25) is 0 Å². The van der Waals surface area contributed by atoms with Gasteiger partial charge in [-0.25, -0.2) is 9.78 Å². The van der Waals surface area contributed by atoms with Gasteiger partial charge in [-0.2, -0.15) is 0 Å². The lowest BCUT2D eigenvalue weighted by atomic mass is 10.0. The predicted molar refractivity (Wildman–Crippen MR) is 116 cm³/mol. The summed E-state index contributed by atoms with van der Waals surface area (Å²) in [5.74, 6) is 1.26. The van der Waals surface area contributed by atoms with Crippen molar-refractivity contribution < 1.29 is 14.6 Å². The number of ether oxygens (including phenoxy) is 1. The number of halogens is 2. The third-order valence-corrected chi connectivity index (χ3v) is 5.00. The minimum atomic E-state index is -0.968. The number of hydrogen-bond donors (Lipinski definition) is 3. The Hall–Kier alpha value is -2.74. The van der Waals surface area contributed by atoms with Crippen LogP contribution in [-0.2, 0) is 7.05 Å². The topological polar surface area (TPSA) is 88.4 Å². The number of nitrogens with zero attached hydrogens (tertiary/aromatic N) is 2. The first-order chi connectivity index (χ1) is 14.4. The third kappa shape index (κ3) is 5.24. The summed E-state index contributed by atoms with van der Waals surface area (Å²) in [5, 5.41) is 16.8. The molecule has 9 heteroatoms. The Morgan fingerprint density at radius 2 is 1.93 bits per heavy atom. The Kier molecular flexibility index (Phi) is 7.20. The number of methoxy groups -OCH3 is 1. The SMILES string of the molecule is COc1ccccc1C(NC(=O)NCC(O)c1cc(Cl)cc(Cl)c1)c1nccn1C. The normalized spacial score (nSPS) is 12.8. The van der Waals surface area contributed by atoms with Crippen LogP contribution in [0.3, 0.4) is 0 Å². The fourth-order valence-electron chi connectivity index (χ4n) is 3.10. The number of amides is 2. The molecule has 0 bridgehead atoms. The van der Waals surface area contributed by atoms with Crippen LogP contribution < -0.4 is 15.4 Å².